The van der Waals surface area contributed by atoms with E-state index in [0.717, 1.165) is 42.3 Å². The minimum Gasteiger partial charge on any atom is -0.361 e. The largest absolute Gasteiger partial charge is 0.361 e. The summed E-state index contributed by atoms with van der Waals surface area (Å²) in [5.41, 5.74) is 4.25. The van der Waals surface area contributed by atoms with E-state index in [-0.39, 0.29) is 0 Å². The van der Waals surface area contributed by atoms with E-state index in [2.05, 4.69) is 20.4 Å². The van der Waals surface area contributed by atoms with E-state index in [9.17, 15) is 0 Å². The van der Waals surface area contributed by atoms with E-state index < -0.39 is 0 Å². The van der Waals surface area contributed by atoms with Gasteiger partial charge in [-0.15, -0.1) is 5.10 Å². The Morgan fingerprint density at radius 1 is 1.21 bits per heavy atom. The number of hydrogen-bond donors (Lipinski definition) is 0. The van der Waals surface area contributed by atoms with Crippen LogP contribution in [0.5, 0.6) is 0 Å². The van der Waals surface area contributed by atoms with Gasteiger partial charge in [0.2, 0.25) is 0 Å². The summed E-state index contributed by atoms with van der Waals surface area (Å²) < 4.78 is 7.19. The number of likely N-dealkylation sites (tertiary alicyclic amines) is 1. The Morgan fingerprint density at radius 2 is 2.04 bits per heavy atom. The van der Waals surface area contributed by atoms with Crippen molar-refractivity contribution in [2.45, 2.75) is 39.3 Å². The van der Waals surface area contributed by atoms with Crippen LogP contribution in [0, 0.1) is 13.8 Å². The second kappa shape index (κ2) is 6.20. The molecule has 1 atom stereocenters. The van der Waals surface area contributed by atoms with Gasteiger partial charge in [-0.3, -0.25) is 4.90 Å². The number of nitrogens with zero attached hydrogens (tertiary/aromatic N) is 5. The number of benzene rings is 1. The lowest BCUT2D eigenvalue weighted by molar-refractivity contribution is 0.242. The highest BCUT2D eigenvalue weighted by molar-refractivity contribution is 5.30. The van der Waals surface area contributed by atoms with Crippen LogP contribution in [0.4, 0.5) is 0 Å². The summed E-state index contributed by atoms with van der Waals surface area (Å²) in [7, 11) is 0. The second-order valence-corrected chi connectivity index (χ2v) is 6.36. The maximum Gasteiger partial charge on any atom is 0.138 e. The zero-order chi connectivity index (χ0) is 16.5. The van der Waals surface area contributed by atoms with Gasteiger partial charge < -0.3 is 4.52 Å². The Kier molecular flexibility index (Phi) is 3.90. The van der Waals surface area contributed by atoms with Crippen molar-refractivity contribution < 1.29 is 4.52 Å². The van der Waals surface area contributed by atoms with Crippen LogP contribution in [0.1, 0.15) is 41.6 Å². The van der Waals surface area contributed by atoms with Gasteiger partial charge in [0.05, 0.1) is 23.3 Å². The Labute approximate surface area is 141 Å². The van der Waals surface area contributed by atoms with Crippen molar-refractivity contribution in [2.24, 2.45) is 0 Å². The van der Waals surface area contributed by atoms with Crippen LogP contribution in [0.15, 0.2) is 41.1 Å². The summed E-state index contributed by atoms with van der Waals surface area (Å²) in [6.07, 6.45) is 4.33. The van der Waals surface area contributed by atoms with Crippen LogP contribution in [-0.4, -0.2) is 31.6 Å². The van der Waals surface area contributed by atoms with E-state index in [4.69, 9.17) is 4.52 Å². The summed E-state index contributed by atoms with van der Waals surface area (Å²) in [5.74, 6) is 0.928. The average Bonchev–Trinajstić information content (AvgIpc) is 3.31. The summed E-state index contributed by atoms with van der Waals surface area (Å²) >= 11 is 0. The van der Waals surface area contributed by atoms with Gasteiger partial charge >= 0.3 is 0 Å². The Bertz CT molecular complexity index is 804. The summed E-state index contributed by atoms with van der Waals surface area (Å²) in [5, 5.41) is 12.7. The smallest absolute Gasteiger partial charge is 0.138 e. The molecule has 0 saturated carbocycles. The molecule has 24 heavy (non-hydrogen) atoms. The minimum atomic E-state index is 0.359. The van der Waals surface area contributed by atoms with Gasteiger partial charge in [0.25, 0.3) is 0 Å². The van der Waals surface area contributed by atoms with Gasteiger partial charge in [0.15, 0.2) is 0 Å². The van der Waals surface area contributed by atoms with E-state index in [1.165, 1.54) is 12.0 Å². The third-order valence-electron chi connectivity index (χ3n) is 4.71. The molecule has 1 aromatic carbocycles. The third-order valence-corrected chi connectivity index (χ3v) is 4.71. The Balaban J connectivity index is 1.54. The monoisotopic (exact) mass is 323 g/mol. The fraction of sp³-hybridized carbons (Fsp3) is 0.389. The maximum absolute atomic E-state index is 5.36. The predicted molar refractivity (Wildman–Crippen MR) is 89.7 cm³/mol. The first kappa shape index (κ1) is 15.1. The van der Waals surface area contributed by atoms with Gasteiger partial charge in [0, 0.05) is 18.2 Å². The van der Waals surface area contributed by atoms with Crippen molar-refractivity contribution in [1.82, 2.24) is 25.1 Å². The van der Waals surface area contributed by atoms with E-state index >= 15 is 0 Å². The third kappa shape index (κ3) is 2.73. The summed E-state index contributed by atoms with van der Waals surface area (Å²) in [4.78, 5) is 2.45. The summed E-state index contributed by atoms with van der Waals surface area (Å²) in [6.45, 7) is 5.88. The number of aryl methyl sites for hydroxylation is 2. The highest BCUT2D eigenvalue weighted by Gasteiger charge is 2.31. The SMILES string of the molecule is Cc1noc(C)c1C1CCCN1Cc1cn(-c2ccccc2)nn1. The molecule has 0 amide bonds. The van der Waals surface area contributed by atoms with Crippen LogP contribution in [0.25, 0.3) is 5.69 Å². The number of rotatable bonds is 4. The average molecular weight is 323 g/mol. The molecule has 0 radical (unpaired) electrons. The topological polar surface area (TPSA) is 60.0 Å². The van der Waals surface area contributed by atoms with Crippen molar-refractivity contribution in [2.75, 3.05) is 6.54 Å². The lowest BCUT2D eigenvalue weighted by Crippen LogP contribution is -2.23. The van der Waals surface area contributed by atoms with E-state index in [0.29, 0.717) is 6.04 Å². The highest BCUT2D eigenvalue weighted by atomic mass is 16.5. The van der Waals surface area contributed by atoms with Crippen molar-refractivity contribution in [3.8, 4) is 5.69 Å². The minimum absolute atomic E-state index is 0.359. The molecule has 1 saturated heterocycles. The molecule has 0 spiro atoms. The molecular weight excluding hydrogens is 302 g/mol. The number of aromatic nitrogens is 4. The highest BCUT2D eigenvalue weighted by Crippen LogP contribution is 2.36. The van der Waals surface area contributed by atoms with Crippen molar-refractivity contribution in [3.63, 3.8) is 0 Å². The van der Waals surface area contributed by atoms with E-state index in [1.54, 1.807) is 0 Å². The molecule has 4 rings (SSSR count). The van der Waals surface area contributed by atoms with Gasteiger partial charge in [-0.2, -0.15) is 0 Å². The molecule has 0 bridgehead atoms. The first-order valence-electron chi connectivity index (χ1n) is 8.36. The zero-order valence-corrected chi connectivity index (χ0v) is 14.0. The molecule has 1 aliphatic rings. The molecule has 124 valence electrons. The van der Waals surface area contributed by atoms with Gasteiger partial charge in [-0.1, -0.05) is 28.6 Å². The number of hydrogen-bond acceptors (Lipinski definition) is 5. The zero-order valence-electron chi connectivity index (χ0n) is 14.0. The molecule has 3 aromatic rings. The molecular formula is C18H21N5O. The van der Waals surface area contributed by atoms with E-state index in [1.807, 2.05) is 55.1 Å². The molecule has 1 aliphatic heterocycles. The lowest BCUT2D eigenvalue weighted by atomic mass is 10.0. The van der Waals surface area contributed by atoms with Crippen LogP contribution in [0.3, 0.4) is 0 Å². The molecule has 1 fully saturated rings. The van der Waals surface area contributed by atoms with Crippen molar-refractivity contribution in [3.05, 3.63) is 59.2 Å². The molecule has 3 heterocycles. The van der Waals surface area contributed by atoms with Crippen LogP contribution in [-0.2, 0) is 6.54 Å². The van der Waals surface area contributed by atoms with Gasteiger partial charge in [-0.05, 0) is 45.4 Å². The van der Waals surface area contributed by atoms with Crippen LogP contribution >= 0.6 is 0 Å². The van der Waals surface area contributed by atoms with Crippen LogP contribution in [0.2, 0.25) is 0 Å². The number of para-hydroxylation sites is 1. The molecule has 0 aliphatic carbocycles. The van der Waals surface area contributed by atoms with Crippen molar-refractivity contribution >= 4 is 0 Å². The van der Waals surface area contributed by atoms with Gasteiger partial charge in [-0.25, -0.2) is 4.68 Å². The Hall–Kier alpha value is -2.47. The molecule has 1 unspecified atom stereocenters. The fourth-order valence-corrected chi connectivity index (χ4v) is 3.59. The first-order chi connectivity index (χ1) is 11.7. The summed E-state index contributed by atoms with van der Waals surface area (Å²) in [6, 6.07) is 10.4. The maximum atomic E-state index is 5.36. The van der Waals surface area contributed by atoms with Crippen molar-refractivity contribution in [1.29, 1.82) is 0 Å². The lowest BCUT2D eigenvalue weighted by Gasteiger charge is -2.23. The molecule has 0 N–H and O–H groups in total. The first-order valence-corrected chi connectivity index (χ1v) is 8.36. The standard InChI is InChI=1S/C18H21N5O/c1-13-18(14(2)24-20-13)17-9-6-10-22(17)11-15-12-23(21-19-15)16-7-4-3-5-8-16/h3-5,7-8,12,17H,6,9-11H2,1-2H3. The van der Waals surface area contributed by atoms with Crippen LogP contribution < -0.4 is 0 Å². The fourth-order valence-electron chi connectivity index (χ4n) is 3.59. The quantitative estimate of drug-likeness (QED) is 0.738. The second-order valence-electron chi connectivity index (χ2n) is 6.36. The molecule has 2 aromatic heterocycles. The Morgan fingerprint density at radius 3 is 2.79 bits per heavy atom. The van der Waals surface area contributed by atoms with Gasteiger partial charge in [0.1, 0.15) is 5.76 Å². The molecule has 6 nitrogen and oxygen atoms in total. The predicted octanol–water partition coefficient (Wildman–Crippen LogP) is 3.21. The molecule has 6 heteroatoms. The normalized spacial score (nSPS) is 18.3.